The van der Waals surface area contributed by atoms with Crippen LogP contribution in [0.4, 0.5) is 0 Å². The Morgan fingerprint density at radius 3 is 1.15 bits per heavy atom. The van der Waals surface area contributed by atoms with E-state index < -0.39 is 0 Å². The van der Waals surface area contributed by atoms with Gasteiger partial charge in [0.15, 0.2) is 0 Å². The Labute approximate surface area is 99.4 Å². The van der Waals surface area contributed by atoms with Crippen molar-refractivity contribution in [3.05, 3.63) is 0 Å². The minimum absolute atomic E-state index is 0. The quantitative estimate of drug-likeness (QED) is 0.757. The summed E-state index contributed by atoms with van der Waals surface area (Å²) >= 11 is 0. The number of aliphatic hydroxyl groups excluding tert-OH is 2. The molecule has 2 unspecified atom stereocenters. The molecular formula is C8H20O4Zr. The van der Waals surface area contributed by atoms with Crippen LogP contribution in [0.1, 0.15) is 13.8 Å². The third-order valence-corrected chi connectivity index (χ3v) is 0.816. The second kappa shape index (κ2) is 15.2. The Balaban J connectivity index is -0.000000143. The third kappa shape index (κ3) is 32.4. The van der Waals surface area contributed by atoms with Gasteiger partial charge in [0.2, 0.25) is 0 Å². The van der Waals surface area contributed by atoms with E-state index in [-0.39, 0.29) is 38.4 Å². The van der Waals surface area contributed by atoms with Crippen LogP contribution in [0.25, 0.3) is 0 Å². The van der Waals surface area contributed by atoms with E-state index >= 15 is 0 Å². The SMILES string of the molecule is COCC(C)O.COCC(C)O.[Zr]. The van der Waals surface area contributed by atoms with E-state index in [4.69, 9.17) is 10.2 Å². The van der Waals surface area contributed by atoms with E-state index in [0.717, 1.165) is 0 Å². The molecular weight excluding hydrogens is 251 g/mol. The van der Waals surface area contributed by atoms with Crippen molar-refractivity contribution >= 4 is 0 Å². The Bertz CT molecular complexity index is 68.5. The Morgan fingerprint density at radius 1 is 0.923 bits per heavy atom. The van der Waals surface area contributed by atoms with Crippen LogP contribution in [0.3, 0.4) is 0 Å². The van der Waals surface area contributed by atoms with Gasteiger partial charge in [0, 0.05) is 40.4 Å². The van der Waals surface area contributed by atoms with Crippen molar-refractivity contribution in [2.75, 3.05) is 27.4 Å². The van der Waals surface area contributed by atoms with Gasteiger partial charge in [-0.15, -0.1) is 0 Å². The van der Waals surface area contributed by atoms with Gasteiger partial charge < -0.3 is 19.7 Å². The minimum Gasteiger partial charge on any atom is -0.391 e. The first-order chi connectivity index (χ1) is 5.54. The summed E-state index contributed by atoms with van der Waals surface area (Å²) in [4.78, 5) is 0. The fraction of sp³-hybridized carbons (Fsp3) is 1.00. The van der Waals surface area contributed by atoms with Crippen molar-refractivity contribution in [3.8, 4) is 0 Å². The van der Waals surface area contributed by atoms with Gasteiger partial charge in [-0.25, -0.2) is 0 Å². The van der Waals surface area contributed by atoms with Crippen molar-refractivity contribution in [2.45, 2.75) is 26.1 Å². The summed E-state index contributed by atoms with van der Waals surface area (Å²) in [6.45, 7) is 4.23. The predicted molar refractivity (Wildman–Crippen MR) is 47.1 cm³/mol. The van der Waals surface area contributed by atoms with Crippen LogP contribution in [-0.2, 0) is 35.7 Å². The third-order valence-electron chi connectivity index (χ3n) is 0.816. The maximum atomic E-state index is 8.43. The normalized spacial score (nSPS) is 13.4. The van der Waals surface area contributed by atoms with E-state index in [9.17, 15) is 0 Å². The van der Waals surface area contributed by atoms with Crippen LogP contribution >= 0.6 is 0 Å². The molecule has 0 aliphatic heterocycles. The van der Waals surface area contributed by atoms with E-state index in [2.05, 4.69) is 9.47 Å². The molecule has 0 aromatic heterocycles. The Morgan fingerprint density at radius 2 is 1.15 bits per heavy atom. The molecule has 0 rings (SSSR count). The molecule has 0 saturated heterocycles. The van der Waals surface area contributed by atoms with Crippen molar-refractivity contribution in [2.24, 2.45) is 0 Å². The molecule has 80 valence electrons. The molecule has 0 radical (unpaired) electrons. The molecule has 0 amide bonds. The number of hydrogen-bond acceptors (Lipinski definition) is 4. The first-order valence-corrected chi connectivity index (χ1v) is 3.88. The molecule has 0 spiro atoms. The average Bonchev–Trinajstić information content (AvgIpc) is 1.87. The van der Waals surface area contributed by atoms with Crippen molar-refractivity contribution < 1.29 is 45.9 Å². The summed E-state index contributed by atoms with van der Waals surface area (Å²) in [5, 5.41) is 16.9. The van der Waals surface area contributed by atoms with Crippen molar-refractivity contribution in [1.82, 2.24) is 0 Å². The molecule has 0 aromatic rings. The topological polar surface area (TPSA) is 58.9 Å². The number of aliphatic hydroxyl groups is 2. The van der Waals surface area contributed by atoms with Crippen LogP contribution < -0.4 is 0 Å². The van der Waals surface area contributed by atoms with Crippen LogP contribution in [0.5, 0.6) is 0 Å². The van der Waals surface area contributed by atoms with E-state index in [0.29, 0.717) is 13.2 Å². The van der Waals surface area contributed by atoms with Crippen LogP contribution in [0.2, 0.25) is 0 Å². The standard InChI is InChI=1S/2C4H10O2.Zr/c2*1-4(5)3-6-2;/h2*4-5H,3H2,1-2H3;. The van der Waals surface area contributed by atoms with Crippen molar-refractivity contribution in [3.63, 3.8) is 0 Å². The van der Waals surface area contributed by atoms with Gasteiger partial charge in [-0.3, -0.25) is 0 Å². The zero-order valence-electron chi connectivity index (χ0n) is 8.78. The second-order valence-corrected chi connectivity index (χ2v) is 2.61. The molecule has 0 aromatic carbocycles. The summed E-state index contributed by atoms with van der Waals surface area (Å²) in [5.74, 6) is 0. The largest absolute Gasteiger partial charge is 0.391 e. The van der Waals surface area contributed by atoms with Gasteiger partial charge in [0.1, 0.15) is 0 Å². The van der Waals surface area contributed by atoms with Crippen LogP contribution in [0.15, 0.2) is 0 Å². The van der Waals surface area contributed by atoms with Crippen molar-refractivity contribution in [1.29, 1.82) is 0 Å². The molecule has 4 nitrogen and oxygen atoms in total. The summed E-state index contributed by atoms with van der Waals surface area (Å²) < 4.78 is 9.11. The molecule has 0 saturated carbocycles. The maximum absolute atomic E-state index is 8.43. The summed E-state index contributed by atoms with van der Waals surface area (Å²) in [5.41, 5.74) is 0. The van der Waals surface area contributed by atoms with Crippen LogP contribution in [-0.4, -0.2) is 49.9 Å². The fourth-order valence-electron chi connectivity index (χ4n) is 0.482. The van der Waals surface area contributed by atoms with E-state index in [1.165, 1.54) is 0 Å². The van der Waals surface area contributed by atoms with Gasteiger partial charge >= 0.3 is 0 Å². The van der Waals surface area contributed by atoms with E-state index in [1.807, 2.05) is 0 Å². The van der Waals surface area contributed by atoms with Gasteiger partial charge in [-0.2, -0.15) is 0 Å². The molecule has 0 bridgehead atoms. The molecule has 2 N–H and O–H groups in total. The predicted octanol–water partition coefficient (Wildman–Crippen LogP) is 0.0247. The molecule has 5 heteroatoms. The molecule has 0 fully saturated rings. The fourth-order valence-corrected chi connectivity index (χ4v) is 0.482. The van der Waals surface area contributed by atoms with Gasteiger partial charge in [-0.1, -0.05) is 0 Å². The zero-order chi connectivity index (χ0) is 9.98. The Hall–Kier alpha value is 0.723. The summed E-state index contributed by atoms with van der Waals surface area (Å²) in [6.07, 6.45) is -0.648. The summed E-state index contributed by atoms with van der Waals surface area (Å²) in [6, 6.07) is 0. The van der Waals surface area contributed by atoms with Crippen LogP contribution in [0, 0.1) is 0 Å². The molecule has 0 aliphatic carbocycles. The molecule has 13 heavy (non-hydrogen) atoms. The number of ether oxygens (including phenoxy) is 2. The molecule has 0 heterocycles. The van der Waals surface area contributed by atoms with E-state index in [1.54, 1.807) is 28.1 Å². The minimum atomic E-state index is -0.324. The smallest absolute Gasteiger partial charge is 0.0745 e. The molecule has 0 aliphatic rings. The molecule has 2 atom stereocenters. The monoisotopic (exact) mass is 270 g/mol. The second-order valence-electron chi connectivity index (χ2n) is 2.61. The Kier molecular flexibility index (Phi) is 22.6. The zero-order valence-corrected chi connectivity index (χ0v) is 11.2. The van der Waals surface area contributed by atoms with Gasteiger partial charge in [0.05, 0.1) is 25.4 Å². The van der Waals surface area contributed by atoms with Gasteiger partial charge in [-0.05, 0) is 13.8 Å². The maximum Gasteiger partial charge on any atom is 0.0745 e. The average molecular weight is 271 g/mol. The summed E-state index contributed by atoms with van der Waals surface area (Å²) in [7, 11) is 3.12. The number of hydrogen-bond donors (Lipinski definition) is 2. The first-order valence-electron chi connectivity index (χ1n) is 3.88. The number of rotatable bonds is 4. The number of methoxy groups -OCH3 is 2. The first kappa shape index (κ1) is 19.3. The van der Waals surface area contributed by atoms with Gasteiger partial charge in [0.25, 0.3) is 0 Å².